The van der Waals surface area contributed by atoms with Gasteiger partial charge in [-0.3, -0.25) is 0 Å². The van der Waals surface area contributed by atoms with Gasteiger partial charge in [0, 0.05) is 11.1 Å². The van der Waals surface area contributed by atoms with Crippen LogP contribution in [0.2, 0.25) is 0 Å². The summed E-state index contributed by atoms with van der Waals surface area (Å²) in [6.07, 6.45) is 0. The third-order valence-electron chi connectivity index (χ3n) is 2.52. The molecule has 17 heavy (non-hydrogen) atoms. The normalized spacial score (nSPS) is 10.2. The Labute approximate surface area is 98.4 Å². The van der Waals surface area contributed by atoms with E-state index in [4.69, 9.17) is 4.42 Å². The van der Waals surface area contributed by atoms with Crippen molar-refractivity contribution in [3.05, 3.63) is 41.7 Å². The number of hydrogen-bond acceptors (Lipinski definition) is 4. The smallest absolute Gasteiger partial charge is 0.377 e. The minimum atomic E-state index is -0.687. The largest absolute Gasteiger partial charge is 0.504 e. The molecule has 2 rings (SSSR count). The van der Waals surface area contributed by atoms with Gasteiger partial charge in [-0.15, -0.1) is 0 Å². The van der Waals surface area contributed by atoms with E-state index in [2.05, 4.69) is 4.74 Å². The second kappa shape index (κ2) is 4.33. The van der Waals surface area contributed by atoms with E-state index in [1.165, 1.54) is 7.11 Å². The van der Waals surface area contributed by atoms with Crippen LogP contribution in [0.1, 0.15) is 16.1 Å². The van der Waals surface area contributed by atoms with Crippen molar-refractivity contribution in [2.45, 2.75) is 6.92 Å². The Hall–Kier alpha value is -2.23. The highest BCUT2D eigenvalue weighted by Gasteiger charge is 2.23. The van der Waals surface area contributed by atoms with Crippen LogP contribution in [0.4, 0.5) is 0 Å². The summed E-state index contributed by atoms with van der Waals surface area (Å²) < 4.78 is 9.89. The van der Waals surface area contributed by atoms with Crippen molar-refractivity contribution in [3.8, 4) is 17.1 Å². The molecule has 0 atom stereocenters. The maximum atomic E-state index is 11.4. The third-order valence-corrected chi connectivity index (χ3v) is 2.52. The molecule has 1 heterocycles. The molecular weight excluding hydrogens is 220 g/mol. The first-order valence-corrected chi connectivity index (χ1v) is 5.11. The van der Waals surface area contributed by atoms with Crippen LogP contribution in [0.25, 0.3) is 11.3 Å². The van der Waals surface area contributed by atoms with Gasteiger partial charge in [0.1, 0.15) is 5.76 Å². The molecule has 0 unspecified atom stereocenters. The molecule has 4 heteroatoms. The van der Waals surface area contributed by atoms with Crippen molar-refractivity contribution < 1.29 is 19.1 Å². The molecule has 0 spiro atoms. The number of esters is 1. The fraction of sp³-hybridized carbons (Fsp3) is 0.154. The first-order chi connectivity index (χ1) is 8.15. The predicted octanol–water partition coefficient (Wildman–Crippen LogP) is 2.75. The molecule has 0 amide bonds. The lowest BCUT2D eigenvalue weighted by molar-refractivity contribution is 0.0561. The molecule has 0 bridgehead atoms. The number of carbonyl (C=O) groups excluding carboxylic acids is 1. The molecule has 0 saturated heterocycles. The minimum Gasteiger partial charge on any atom is -0.504 e. The average molecular weight is 232 g/mol. The van der Waals surface area contributed by atoms with Crippen molar-refractivity contribution in [1.29, 1.82) is 0 Å². The van der Waals surface area contributed by atoms with E-state index in [-0.39, 0.29) is 11.5 Å². The van der Waals surface area contributed by atoms with Crippen LogP contribution in [0.15, 0.2) is 34.7 Å². The summed E-state index contributed by atoms with van der Waals surface area (Å²) in [5.41, 5.74) is 1.33. The lowest BCUT2D eigenvalue weighted by atomic mass is 10.1. The lowest BCUT2D eigenvalue weighted by Crippen LogP contribution is -1.99. The molecule has 0 aliphatic carbocycles. The highest BCUT2D eigenvalue weighted by molar-refractivity contribution is 5.91. The summed E-state index contributed by atoms with van der Waals surface area (Å²) in [6.45, 7) is 1.69. The van der Waals surface area contributed by atoms with Gasteiger partial charge in [-0.25, -0.2) is 4.79 Å². The van der Waals surface area contributed by atoms with Crippen molar-refractivity contribution in [2.24, 2.45) is 0 Å². The number of methoxy groups -OCH3 is 1. The zero-order valence-electron chi connectivity index (χ0n) is 9.56. The van der Waals surface area contributed by atoms with Gasteiger partial charge in [0.2, 0.25) is 0 Å². The molecule has 1 aromatic carbocycles. The summed E-state index contributed by atoms with van der Waals surface area (Å²) in [6, 6.07) is 9.26. The van der Waals surface area contributed by atoms with Crippen LogP contribution in [0.3, 0.4) is 0 Å². The summed E-state index contributed by atoms with van der Waals surface area (Å²) in [4.78, 5) is 11.4. The highest BCUT2D eigenvalue weighted by Crippen LogP contribution is 2.35. The summed E-state index contributed by atoms with van der Waals surface area (Å²) >= 11 is 0. The number of rotatable bonds is 2. The average Bonchev–Trinajstić information content (AvgIpc) is 2.67. The van der Waals surface area contributed by atoms with Crippen LogP contribution in [0, 0.1) is 6.92 Å². The zero-order valence-corrected chi connectivity index (χ0v) is 9.56. The SMILES string of the molecule is COC(=O)c1oc(-c2ccccc2)c(C)c1O. The Morgan fingerprint density at radius 2 is 1.94 bits per heavy atom. The van der Waals surface area contributed by atoms with Crippen molar-refractivity contribution >= 4 is 5.97 Å². The minimum absolute atomic E-state index is 0.163. The van der Waals surface area contributed by atoms with Gasteiger partial charge in [0.25, 0.3) is 5.76 Å². The first kappa shape index (κ1) is 11.3. The van der Waals surface area contributed by atoms with Crippen LogP contribution in [-0.4, -0.2) is 18.2 Å². The number of benzene rings is 1. The molecule has 2 aromatic rings. The third kappa shape index (κ3) is 1.89. The first-order valence-electron chi connectivity index (χ1n) is 5.11. The Morgan fingerprint density at radius 1 is 1.29 bits per heavy atom. The fourth-order valence-corrected chi connectivity index (χ4v) is 1.60. The van der Waals surface area contributed by atoms with Crippen LogP contribution in [-0.2, 0) is 4.74 Å². The molecule has 0 radical (unpaired) electrons. The van der Waals surface area contributed by atoms with Gasteiger partial charge in [0.15, 0.2) is 5.75 Å². The summed E-state index contributed by atoms with van der Waals surface area (Å²) in [5.74, 6) is -0.546. The van der Waals surface area contributed by atoms with Gasteiger partial charge in [0.05, 0.1) is 7.11 Å². The monoisotopic (exact) mass is 232 g/mol. The maximum Gasteiger partial charge on any atom is 0.377 e. The van der Waals surface area contributed by atoms with Gasteiger partial charge >= 0.3 is 5.97 Å². The number of furan rings is 1. The Bertz CT molecular complexity index is 540. The van der Waals surface area contributed by atoms with Crippen molar-refractivity contribution in [1.82, 2.24) is 0 Å². The van der Waals surface area contributed by atoms with Crippen LogP contribution in [0.5, 0.6) is 5.75 Å². The maximum absolute atomic E-state index is 11.4. The standard InChI is InChI=1S/C13H12O4/c1-8-10(14)12(13(15)16-2)17-11(8)9-6-4-3-5-7-9/h3-7,14H,1-2H3. The van der Waals surface area contributed by atoms with Crippen LogP contribution >= 0.6 is 0 Å². The van der Waals surface area contributed by atoms with Gasteiger partial charge in [-0.2, -0.15) is 0 Å². The molecule has 4 nitrogen and oxygen atoms in total. The molecule has 0 saturated carbocycles. The van der Waals surface area contributed by atoms with Gasteiger partial charge in [-0.05, 0) is 6.92 Å². The quantitative estimate of drug-likeness (QED) is 0.809. The van der Waals surface area contributed by atoms with E-state index in [1.807, 2.05) is 30.3 Å². The predicted molar refractivity (Wildman–Crippen MR) is 61.9 cm³/mol. The topological polar surface area (TPSA) is 59.7 Å². The fourth-order valence-electron chi connectivity index (χ4n) is 1.60. The molecule has 1 aromatic heterocycles. The van der Waals surface area contributed by atoms with Crippen molar-refractivity contribution in [2.75, 3.05) is 7.11 Å². The second-order valence-corrected chi connectivity index (χ2v) is 3.59. The van der Waals surface area contributed by atoms with E-state index in [0.29, 0.717) is 11.3 Å². The molecule has 1 N–H and O–H groups in total. The molecule has 0 aliphatic heterocycles. The van der Waals surface area contributed by atoms with E-state index >= 15 is 0 Å². The van der Waals surface area contributed by atoms with E-state index in [9.17, 15) is 9.90 Å². The number of aromatic hydroxyl groups is 1. The molecule has 88 valence electrons. The number of carbonyl (C=O) groups is 1. The molecule has 0 fully saturated rings. The Kier molecular flexibility index (Phi) is 2.87. The van der Waals surface area contributed by atoms with Gasteiger partial charge < -0.3 is 14.3 Å². The van der Waals surface area contributed by atoms with Crippen LogP contribution < -0.4 is 0 Å². The highest BCUT2D eigenvalue weighted by atomic mass is 16.5. The van der Waals surface area contributed by atoms with E-state index in [0.717, 1.165) is 5.56 Å². The van der Waals surface area contributed by atoms with Gasteiger partial charge in [-0.1, -0.05) is 30.3 Å². The lowest BCUT2D eigenvalue weighted by Gasteiger charge is -1.97. The second-order valence-electron chi connectivity index (χ2n) is 3.59. The Morgan fingerprint density at radius 3 is 2.53 bits per heavy atom. The number of ether oxygens (including phenoxy) is 1. The Balaban J connectivity index is 2.54. The summed E-state index contributed by atoms with van der Waals surface area (Å²) in [7, 11) is 1.24. The molecule has 0 aliphatic rings. The van der Waals surface area contributed by atoms with E-state index in [1.54, 1.807) is 6.92 Å². The van der Waals surface area contributed by atoms with Crippen molar-refractivity contribution in [3.63, 3.8) is 0 Å². The van der Waals surface area contributed by atoms with E-state index < -0.39 is 5.97 Å². The summed E-state index contributed by atoms with van der Waals surface area (Å²) in [5, 5.41) is 9.79. The molecular formula is C13H12O4. The zero-order chi connectivity index (χ0) is 12.4. The number of hydrogen-bond donors (Lipinski definition) is 1.